The number of benzene rings is 1. The van der Waals surface area contributed by atoms with Gasteiger partial charge in [0.15, 0.2) is 5.78 Å². The van der Waals surface area contributed by atoms with Crippen LogP contribution >= 0.6 is 15.9 Å². The first-order chi connectivity index (χ1) is 8.94. The van der Waals surface area contributed by atoms with Gasteiger partial charge in [-0.1, -0.05) is 41.4 Å². The van der Waals surface area contributed by atoms with E-state index in [0.29, 0.717) is 18.4 Å². The second-order valence-corrected chi connectivity index (χ2v) is 7.76. The number of hydrogen-bond donors (Lipinski definition) is 0. The minimum absolute atomic E-state index is 0.00167. The van der Waals surface area contributed by atoms with Crippen molar-refractivity contribution in [3.8, 4) is 0 Å². The van der Waals surface area contributed by atoms with Crippen LogP contribution in [0.1, 0.15) is 43.0 Å². The van der Waals surface area contributed by atoms with Crippen LogP contribution in [-0.2, 0) is 9.84 Å². The lowest BCUT2D eigenvalue weighted by Crippen LogP contribution is -2.12. The molecule has 0 atom stereocenters. The van der Waals surface area contributed by atoms with Gasteiger partial charge in [-0.25, -0.2) is 8.42 Å². The Hall–Kier alpha value is -0.680. The summed E-state index contributed by atoms with van der Waals surface area (Å²) in [6.45, 7) is 1.96. The minimum Gasteiger partial charge on any atom is -0.294 e. The number of rotatable bonds is 8. The van der Waals surface area contributed by atoms with E-state index in [1.807, 2.05) is 19.1 Å². The summed E-state index contributed by atoms with van der Waals surface area (Å²) >= 11 is 3.31. The molecule has 0 N–H and O–H groups in total. The van der Waals surface area contributed by atoms with Gasteiger partial charge in [0.25, 0.3) is 0 Å². The highest BCUT2D eigenvalue weighted by Gasteiger charge is 2.12. The standard InChI is InChI=1S/C14H19BrO3S/c1-2-3-10-19(17,18)11-4-5-14(16)12-6-8-13(15)9-7-12/h6-9H,2-5,10-11H2,1H3. The van der Waals surface area contributed by atoms with E-state index in [2.05, 4.69) is 15.9 Å². The van der Waals surface area contributed by atoms with Crippen LogP contribution in [0, 0.1) is 0 Å². The molecule has 0 saturated heterocycles. The Kier molecular flexibility index (Phi) is 6.72. The van der Waals surface area contributed by atoms with Gasteiger partial charge in [0.2, 0.25) is 0 Å². The van der Waals surface area contributed by atoms with Gasteiger partial charge in [-0.05, 0) is 25.0 Å². The number of carbonyl (C=O) groups excluding carboxylic acids is 1. The first-order valence-corrected chi connectivity index (χ1v) is 9.05. The van der Waals surface area contributed by atoms with Crippen molar-refractivity contribution in [1.82, 2.24) is 0 Å². The molecule has 0 bridgehead atoms. The Morgan fingerprint density at radius 3 is 2.26 bits per heavy atom. The average molecular weight is 347 g/mol. The van der Waals surface area contributed by atoms with Gasteiger partial charge in [-0.2, -0.15) is 0 Å². The summed E-state index contributed by atoms with van der Waals surface area (Å²) in [6, 6.07) is 7.12. The maximum atomic E-state index is 11.8. The van der Waals surface area contributed by atoms with Gasteiger partial charge in [-0.3, -0.25) is 4.79 Å². The van der Waals surface area contributed by atoms with Crippen molar-refractivity contribution in [2.75, 3.05) is 11.5 Å². The zero-order valence-corrected chi connectivity index (χ0v) is 13.5. The van der Waals surface area contributed by atoms with E-state index in [-0.39, 0.29) is 23.7 Å². The normalized spacial score (nSPS) is 11.5. The van der Waals surface area contributed by atoms with Crippen LogP contribution in [-0.4, -0.2) is 25.7 Å². The molecule has 0 heterocycles. The molecule has 5 heteroatoms. The Bertz CT molecular complexity index is 506. The first-order valence-electron chi connectivity index (χ1n) is 6.44. The van der Waals surface area contributed by atoms with Gasteiger partial charge in [0.05, 0.1) is 11.5 Å². The molecule has 0 saturated carbocycles. The fourth-order valence-electron chi connectivity index (χ4n) is 1.70. The highest BCUT2D eigenvalue weighted by atomic mass is 79.9. The van der Waals surface area contributed by atoms with E-state index in [1.54, 1.807) is 12.1 Å². The highest BCUT2D eigenvalue weighted by Crippen LogP contribution is 2.13. The predicted octanol–water partition coefficient (Wildman–Crippen LogP) is 3.63. The third kappa shape index (κ3) is 6.34. The number of hydrogen-bond acceptors (Lipinski definition) is 3. The largest absolute Gasteiger partial charge is 0.294 e. The smallest absolute Gasteiger partial charge is 0.162 e. The van der Waals surface area contributed by atoms with Gasteiger partial charge >= 0.3 is 0 Å². The summed E-state index contributed by atoms with van der Waals surface area (Å²) in [6.07, 6.45) is 2.26. The molecule has 0 aromatic heterocycles. The molecule has 106 valence electrons. The average Bonchev–Trinajstić information content (AvgIpc) is 2.37. The number of ketones is 1. The van der Waals surface area contributed by atoms with Crippen LogP contribution in [0.15, 0.2) is 28.7 Å². The fourth-order valence-corrected chi connectivity index (χ4v) is 3.48. The van der Waals surface area contributed by atoms with Crippen molar-refractivity contribution in [3.05, 3.63) is 34.3 Å². The van der Waals surface area contributed by atoms with Crippen LogP contribution < -0.4 is 0 Å². The van der Waals surface area contributed by atoms with Crippen LogP contribution in [0.2, 0.25) is 0 Å². The van der Waals surface area contributed by atoms with Crippen molar-refractivity contribution in [3.63, 3.8) is 0 Å². The summed E-state index contributed by atoms with van der Waals surface area (Å²) in [4.78, 5) is 11.8. The SMILES string of the molecule is CCCCS(=O)(=O)CCCC(=O)c1ccc(Br)cc1. The Morgan fingerprint density at radius 2 is 1.68 bits per heavy atom. The van der Waals surface area contributed by atoms with Crippen LogP contribution in [0.4, 0.5) is 0 Å². The Balaban J connectivity index is 2.41. The molecule has 0 aliphatic rings. The molecule has 1 aromatic carbocycles. The fraction of sp³-hybridized carbons (Fsp3) is 0.500. The molecule has 0 aliphatic carbocycles. The molecule has 19 heavy (non-hydrogen) atoms. The zero-order chi connectivity index (χ0) is 14.3. The maximum absolute atomic E-state index is 11.8. The van der Waals surface area contributed by atoms with Gasteiger partial charge in [-0.15, -0.1) is 0 Å². The number of Topliss-reactive ketones (excluding diaryl/α,β-unsaturated/α-hetero) is 1. The number of unbranched alkanes of at least 4 members (excludes halogenated alkanes) is 1. The van der Waals surface area contributed by atoms with Gasteiger partial charge in [0, 0.05) is 16.5 Å². The van der Waals surface area contributed by atoms with Crippen LogP contribution in [0.25, 0.3) is 0 Å². The third-order valence-electron chi connectivity index (χ3n) is 2.83. The van der Waals surface area contributed by atoms with Crippen molar-refractivity contribution >= 4 is 31.6 Å². The summed E-state index contributed by atoms with van der Waals surface area (Å²) < 4.78 is 24.2. The first kappa shape index (κ1) is 16.4. The summed E-state index contributed by atoms with van der Waals surface area (Å²) in [7, 11) is -2.99. The number of halogens is 1. The molecule has 0 radical (unpaired) electrons. The molecule has 0 amide bonds. The van der Waals surface area contributed by atoms with E-state index in [4.69, 9.17) is 0 Å². The van der Waals surface area contributed by atoms with Crippen LogP contribution in [0.5, 0.6) is 0 Å². The second kappa shape index (κ2) is 7.80. The lowest BCUT2D eigenvalue weighted by Gasteiger charge is -2.04. The molecule has 0 spiro atoms. The Morgan fingerprint density at radius 1 is 1.11 bits per heavy atom. The second-order valence-electron chi connectivity index (χ2n) is 4.54. The predicted molar refractivity (Wildman–Crippen MR) is 81.3 cm³/mol. The van der Waals surface area contributed by atoms with E-state index in [1.165, 1.54) is 0 Å². The lowest BCUT2D eigenvalue weighted by molar-refractivity contribution is 0.0982. The molecule has 0 fully saturated rings. The van der Waals surface area contributed by atoms with E-state index in [0.717, 1.165) is 10.9 Å². The van der Waals surface area contributed by atoms with Gasteiger partial charge in [0.1, 0.15) is 9.84 Å². The summed E-state index contributed by atoms with van der Waals surface area (Å²) in [5.41, 5.74) is 0.633. The molecular formula is C14H19BrO3S. The number of carbonyl (C=O) groups is 1. The summed E-state index contributed by atoms with van der Waals surface area (Å²) in [5, 5.41) is 0. The molecular weight excluding hydrogens is 328 g/mol. The third-order valence-corrected chi connectivity index (χ3v) is 5.18. The lowest BCUT2D eigenvalue weighted by atomic mass is 10.1. The van der Waals surface area contributed by atoms with Crippen molar-refractivity contribution < 1.29 is 13.2 Å². The zero-order valence-electron chi connectivity index (χ0n) is 11.1. The van der Waals surface area contributed by atoms with Crippen molar-refractivity contribution in [1.29, 1.82) is 0 Å². The molecule has 0 unspecified atom stereocenters. The van der Waals surface area contributed by atoms with Gasteiger partial charge < -0.3 is 0 Å². The molecule has 1 rings (SSSR count). The number of sulfone groups is 1. The maximum Gasteiger partial charge on any atom is 0.162 e. The molecule has 3 nitrogen and oxygen atoms in total. The van der Waals surface area contributed by atoms with E-state index >= 15 is 0 Å². The van der Waals surface area contributed by atoms with Crippen molar-refractivity contribution in [2.24, 2.45) is 0 Å². The van der Waals surface area contributed by atoms with E-state index in [9.17, 15) is 13.2 Å². The molecule has 1 aromatic rings. The summed E-state index contributed by atoms with van der Waals surface area (Å²) in [5.74, 6) is 0.337. The van der Waals surface area contributed by atoms with E-state index < -0.39 is 9.84 Å². The monoisotopic (exact) mass is 346 g/mol. The molecule has 0 aliphatic heterocycles. The topological polar surface area (TPSA) is 51.2 Å². The quantitative estimate of drug-likeness (QED) is 0.675. The minimum atomic E-state index is -2.99. The Labute approximate surface area is 123 Å². The highest BCUT2D eigenvalue weighted by molar-refractivity contribution is 9.10. The van der Waals surface area contributed by atoms with Crippen molar-refractivity contribution in [2.45, 2.75) is 32.6 Å². The van der Waals surface area contributed by atoms with Crippen LogP contribution in [0.3, 0.4) is 0 Å².